The average molecular weight is 383 g/mol. The second-order valence-corrected chi connectivity index (χ2v) is 6.11. The molecular formula is C19H15ClN4O3. The van der Waals surface area contributed by atoms with Crippen LogP contribution in [0.2, 0.25) is 5.02 Å². The molecule has 1 aromatic heterocycles. The first-order chi connectivity index (χ1) is 13.2. The van der Waals surface area contributed by atoms with Crippen LogP contribution in [0, 0.1) is 0 Å². The number of carbonyl (C=O) groups is 1. The number of benzene rings is 2. The standard InChI is InChI=1S/C19H15ClN4O3/c20-13-3-1-2-4-14(13)24-19(25)15-10-18(22-11-21-15)23-12-5-6-16-17(9-12)27-8-7-26-16/h1-6,9-11H,7-8H2,(H,24,25)(H,21,22,23). The molecule has 0 bridgehead atoms. The Hall–Kier alpha value is -3.32. The van der Waals surface area contributed by atoms with Crippen LogP contribution in [0.4, 0.5) is 17.2 Å². The maximum Gasteiger partial charge on any atom is 0.274 e. The summed E-state index contributed by atoms with van der Waals surface area (Å²) in [4.78, 5) is 20.6. The Morgan fingerprint density at radius 2 is 1.81 bits per heavy atom. The number of anilines is 3. The van der Waals surface area contributed by atoms with Gasteiger partial charge in [-0.15, -0.1) is 0 Å². The van der Waals surface area contributed by atoms with E-state index >= 15 is 0 Å². The Balaban J connectivity index is 1.51. The zero-order valence-corrected chi connectivity index (χ0v) is 14.9. The van der Waals surface area contributed by atoms with E-state index in [2.05, 4.69) is 20.6 Å². The number of halogens is 1. The van der Waals surface area contributed by atoms with Gasteiger partial charge in [0.1, 0.15) is 31.1 Å². The van der Waals surface area contributed by atoms with Gasteiger partial charge in [0.05, 0.1) is 10.7 Å². The molecule has 4 rings (SSSR count). The Morgan fingerprint density at radius 3 is 2.67 bits per heavy atom. The molecule has 1 amide bonds. The van der Waals surface area contributed by atoms with Crippen LogP contribution in [0.3, 0.4) is 0 Å². The fourth-order valence-corrected chi connectivity index (χ4v) is 2.75. The van der Waals surface area contributed by atoms with Crippen molar-refractivity contribution in [2.45, 2.75) is 0 Å². The van der Waals surface area contributed by atoms with Crippen LogP contribution >= 0.6 is 11.6 Å². The second-order valence-electron chi connectivity index (χ2n) is 5.71. The van der Waals surface area contributed by atoms with Crippen molar-refractivity contribution in [3.05, 3.63) is 65.6 Å². The first-order valence-electron chi connectivity index (χ1n) is 8.24. The molecule has 1 aliphatic rings. The van der Waals surface area contributed by atoms with Gasteiger partial charge in [0.25, 0.3) is 5.91 Å². The van der Waals surface area contributed by atoms with Gasteiger partial charge < -0.3 is 20.1 Å². The number of nitrogens with zero attached hydrogens (tertiary/aromatic N) is 2. The van der Waals surface area contributed by atoms with Gasteiger partial charge in [0.2, 0.25) is 0 Å². The quantitative estimate of drug-likeness (QED) is 0.711. The van der Waals surface area contributed by atoms with E-state index < -0.39 is 0 Å². The number of fused-ring (bicyclic) bond motifs is 1. The average Bonchev–Trinajstić information content (AvgIpc) is 2.70. The smallest absolute Gasteiger partial charge is 0.274 e. The fraction of sp³-hybridized carbons (Fsp3) is 0.105. The van der Waals surface area contributed by atoms with Crippen LogP contribution in [0.15, 0.2) is 54.9 Å². The molecule has 0 atom stereocenters. The monoisotopic (exact) mass is 382 g/mol. The lowest BCUT2D eigenvalue weighted by Crippen LogP contribution is -2.15. The zero-order valence-electron chi connectivity index (χ0n) is 14.1. The summed E-state index contributed by atoms with van der Waals surface area (Å²) in [6, 6.07) is 14.0. The number of amides is 1. The number of carbonyl (C=O) groups excluding carboxylic acids is 1. The van der Waals surface area contributed by atoms with Gasteiger partial charge in [-0.2, -0.15) is 0 Å². The summed E-state index contributed by atoms with van der Waals surface area (Å²) in [7, 11) is 0. The van der Waals surface area contributed by atoms with Crippen molar-refractivity contribution in [2.75, 3.05) is 23.8 Å². The number of ether oxygens (including phenoxy) is 2. The molecule has 1 aliphatic heterocycles. The van der Waals surface area contributed by atoms with Gasteiger partial charge in [-0.05, 0) is 24.3 Å². The Morgan fingerprint density at radius 1 is 1.00 bits per heavy atom. The minimum absolute atomic E-state index is 0.213. The van der Waals surface area contributed by atoms with Crippen LogP contribution in [0.25, 0.3) is 0 Å². The highest BCUT2D eigenvalue weighted by atomic mass is 35.5. The van der Waals surface area contributed by atoms with Gasteiger partial charge in [-0.3, -0.25) is 4.79 Å². The van der Waals surface area contributed by atoms with Gasteiger partial charge in [0, 0.05) is 17.8 Å². The molecule has 2 N–H and O–H groups in total. The molecule has 0 spiro atoms. The third-order valence-electron chi connectivity index (χ3n) is 3.84. The summed E-state index contributed by atoms with van der Waals surface area (Å²) in [6.45, 7) is 1.05. The fourth-order valence-electron chi connectivity index (χ4n) is 2.57. The largest absolute Gasteiger partial charge is 0.486 e. The summed E-state index contributed by atoms with van der Waals surface area (Å²) < 4.78 is 11.1. The molecule has 0 saturated heterocycles. The molecule has 0 aliphatic carbocycles. The van der Waals surface area contributed by atoms with E-state index in [1.807, 2.05) is 18.2 Å². The van der Waals surface area contributed by atoms with Crippen molar-refractivity contribution < 1.29 is 14.3 Å². The number of hydrogen-bond donors (Lipinski definition) is 2. The van der Waals surface area contributed by atoms with Crippen LogP contribution < -0.4 is 20.1 Å². The van der Waals surface area contributed by atoms with Crippen molar-refractivity contribution in [1.29, 1.82) is 0 Å². The zero-order chi connectivity index (χ0) is 18.6. The highest BCUT2D eigenvalue weighted by Gasteiger charge is 2.13. The number of rotatable bonds is 4. The highest BCUT2D eigenvalue weighted by molar-refractivity contribution is 6.33. The topological polar surface area (TPSA) is 85.4 Å². The molecule has 0 radical (unpaired) electrons. The van der Waals surface area contributed by atoms with Crippen LogP contribution in [0.5, 0.6) is 11.5 Å². The van der Waals surface area contributed by atoms with E-state index in [9.17, 15) is 4.79 Å². The first-order valence-corrected chi connectivity index (χ1v) is 8.61. The molecule has 0 saturated carbocycles. The summed E-state index contributed by atoms with van der Waals surface area (Å²) >= 11 is 6.07. The van der Waals surface area contributed by atoms with Crippen molar-refractivity contribution in [1.82, 2.24) is 9.97 Å². The van der Waals surface area contributed by atoms with Gasteiger partial charge in [-0.25, -0.2) is 9.97 Å². The molecule has 7 nitrogen and oxygen atoms in total. The van der Waals surface area contributed by atoms with Crippen molar-refractivity contribution in [3.63, 3.8) is 0 Å². The molecule has 27 heavy (non-hydrogen) atoms. The molecular weight excluding hydrogens is 368 g/mol. The number of para-hydroxylation sites is 1. The Bertz CT molecular complexity index is 996. The molecule has 3 aromatic rings. The second kappa shape index (κ2) is 7.51. The number of nitrogens with one attached hydrogen (secondary N) is 2. The highest BCUT2D eigenvalue weighted by Crippen LogP contribution is 2.33. The van der Waals surface area contributed by atoms with E-state index in [0.29, 0.717) is 41.2 Å². The predicted molar refractivity (Wildman–Crippen MR) is 102 cm³/mol. The summed E-state index contributed by atoms with van der Waals surface area (Å²) in [5.74, 6) is 1.47. The number of aromatic nitrogens is 2. The Kier molecular flexibility index (Phi) is 4.76. The molecule has 8 heteroatoms. The van der Waals surface area contributed by atoms with E-state index in [4.69, 9.17) is 21.1 Å². The molecule has 0 unspecified atom stereocenters. The molecule has 0 fully saturated rings. The lowest BCUT2D eigenvalue weighted by molar-refractivity contribution is 0.102. The van der Waals surface area contributed by atoms with E-state index in [0.717, 1.165) is 5.69 Å². The van der Waals surface area contributed by atoms with Gasteiger partial charge >= 0.3 is 0 Å². The predicted octanol–water partition coefficient (Wildman–Crippen LogP) is 3.90. The van der Waals surface area contributed by atoms with Crippen LogP contribution in [-0.4, -0.2) is 29.1 Å². The first kappa shape index (κ1) is 17.1. The maximum atomic E-state index is 12.4. The third-order valence-corrected chi connectivity index (χ3v) is 4.17. The van der Waals surface area contributed by atoms with Gasteiger partial charge in [-0.1, -0.05) is 23.7 Å². The van der Waals surface area contributed by atoms with Crippen molar-refractivity contribution in [2.24, 2.45) is 0 Å². The summed E-state index contributed by atoms with van der Waals surface area (Å²) in [6.07, 6.45) is 1.32. The van der Waals surface area contributed by atoms with Crippen molar-refractivity contribution in [3.8, 4) is 11.5 Å². The SMILES string of the molecule is O=C(Nc1ccccc1Cl)c1cc(Nc2ccc3c(c2)OCCO3)ncn1. The van der Waals surface area contributed by atoms with E-state index in [-0.39, 0.29) is 11.6 Å². The maximum absolute atomic E-state index is 12.4. The summed E-state index contributed by atoms with van der Waals surface area (Å²) in [5, 5.41) is 6.32. The number of hydrogen-bond acceptors (Lipinski definition) is 6. The minimum atomic E-state index is -0.379. The van der Waals surface area contributed by atoms with Crippen LogP contribution in [-0.2, 0) is 0 Å². The van der Waals surface area contributed by atoms with Crippen LogP contribution in [0.1, 0.15) is 10.5 Å². The lowest BCUT2D eigenvalue weighted by Gasteiger charge is -2.19. The van der Waals surface area contributed by atoms with E-state index in [1.165, 1.54) is 6.33 Å². The molecule has 2 aromatic carbocycles. The summed E-state index contributed by atoms with van der Waals surface area (Å²) in [5.41, 5.74) is 1.49. The Labute approximate surface area is 160 Å². The molecule has 2 heterocycles. The van der Waals surface area contributed by atoms with E-state index in [1.54, 1.807) is 30.3 Å². The normalized spacial score (nSPS) is 12.3. The van der Waals surface area contributed by atoms with Crippen molar-refractivity contribution >= 4 is 34.7 Å². The minimum Gasteiger partial charge on any atom is -0.486 e. The third kappa shape index (κ3) is 3.93. The van der Waals surface area contributed by atoms with Gasteiger partial charge in [0.15, 0.2) is 11.5 Å². The molecule has 136 valence electrons. The lowest BCUT2D eigenvalue weighted by atomic mass is 10.2.